The maximum absolute atomic E-state index is 12.9. The standard InChI is InChI=1S/C24H17Cl3N2O4/c1-32-21-11-15(9-19(27)22(21)33-13-14-5-7-16(25)8-6-14)10-20-23(30)29(24(31)28-20)18-4-2-3-17(26)12-18/h2-12H,13H2,1H3,(H,28,31)/b20-10+. The molecule has 3 aromatic rings. The van der Waals surface area contributed by atoms with Crippen LogP contribution >= 0.6 is 34.8 Å². The highest BCUT2D eigenvalue weighted by Crippen LogP contribution is 2.38. The lowest BCUT2D eigenvalue weighted by Gasteiger charge is -2.14. The van der Waals surface area contributed by atoms with Gasteiger partial charge in [-0.25, -0.2) is 9.69 Å². The van der Waals surface area contributed by atoms with Crippen molar-refractivity contribution >= 4 is 58.5 Å². The summed E-state index contributed by atoms with van der Waals surface area (Å²) in [6.07, 6.45) is 1.52. The fourth-order valence-corrected chi connectivity index (χ4v) is 3.83. The van der Waals surface area contributed by atoms with Crippen LogP contribution in [0.3, 0.4) is 0 Å². The van der Waals surface area contributed by atoms with Crippen LogP contribution in [0.2, 0.25) is 15.1 Å². The highest BCUT2D eigenvalue weighted by Gasteiger charge is 2.35. The van der Waals surface area contributed by atoms with Crippen LogP contribution in [0.25, 0.3) is 6.08 Å². The highest BCUT2D eigenvalue weighted by atomic mass is 35.5. The molecule has 0 unspecified atom stereocenters. The van der Waals surface area contributed by atoms with E-state index in [9.17, 15) is 9.59 Å². The molecule has 0 aliphatic carbocycles. The van der Waals surface area contributed by atoms with Crippen LogP contribution in [0.5, 0.6) is 11.5 Å². The van der Waals surface area contributed by atoms with Crippen LogP contribution in [0.1, 0.15) is 11.1 Å². The fourth-order valence-electron chi connectivity index (χ4n) is 3.25. The second kappa shape index (κ2) is 9.75. The van der Waals surface area contributed by atoms with Gasteiger partial charge in [0.25, 0.3) is 5.91 Å². The number of rotatable bonds is 6. The van der Waals surface area contributed by atoms with Crippen LogP contribution in [0.15, 0.2) is 66.4 Å². The molecule has 3 aromatic carbocycles. The molecule has 1 saturated heterocycles. The third-order valence-corrected chi connectivity index (χ3v) is 5.57. The van der Waals surface area contributed by atoms with E-state index in [0.717, 1.165) is 10.5 Å². The quantitative estimate of drug-likeness (QED) is 0.315. The van der Waals surface area contributed by atoms with Gasteiger partial charge in [0.05, 0.1) is 17.8 Å². The van der Waals surface area contributed by atoms with E-state index >= 15 is 0 Å². The number of hydrogen-bond donors (Lipinski definition) is 1. The van der Waals surface area contributed by atoms with Crippen molar-refractivity contribution in [3.05, 3.63) is 92.6 Å². The first-order chi connectivity index (χ1) is 15.9. The minimum Gasteiger partial charge on any atom is -0.493 e. The first-order valence-corrected chi connectivity index (χ1v) is 10.9. The zero-order valence-electron chi connectivity index (χ0n) is 17.3. The summed E-state index contributed by atoms with van der Waals surface area (Å²) in [5.74, 6) is 0.228. The lowest BCUT2D eigenvalue weighted by Crippen LogP contribution is -2.30. The molecule has 3 amide bonds. The van der Waals surface area contributed by atoms with Gasteiger partial charge in [0.15, 0.2) is 11.5 Å². The summed E-state index contributed by atoms with van der Waals surface area (Å²) in [6.45, 7) is 0.261. The summed E-state index contributed by atoms with van der Waals surface area (Å²) in [4.78, 5) is 26.3. The van der Waals surface area contributed by atoms with Crippen molar-refractivity contribution < 1.29 is 19.1 Å². The number of urea groups is 1. The van der Waals surface area contributed by atoms with Crippen LogP contribution in [-0.2, 0) is 11.4 Å². The first kappa shape index (κ1) is 23.0. The Morgan fingerprint density at radius 1 is 0.970 bits per heavy atom. The normalized spacial score (nSPS) is 14.5. The van der Waals surface area contributed by atoms with Crippen LogP contribution in [-0.4, -0.2) is 19.0 Å². The minimum atomic E-state index is -0.575. The number of imide groups is 1. The number of nitrogens with one attached hydrogen (secondary N) is 1. The van der Waals surface area contributed by atoms with Crippen molar-refractivity contribution in [3.63, 3.8) is 0 Å². The van der Waals surface area contributed by atoms with E-state index in [0.29, 0.717) is 37.8 Å². The van der Waals surface area contributed by atoms with Crippen molar-refractivity contribution in [3.8, 4) is 11.5 Å². The number of anilines is 1. The molecule has 1 aliphatic heterocycles. The average molecular weight is 504 g/mol. The first-order valence-electron chi connectivity index (χ1n) is 9.73. The van der Waals surface area contributed by atoms with Gasteiger partial charge < -0.3 is 14.8 Å². The Hall–Kier alpha value is -3.19. The van der Waals surface area contributed by atoms with Gasteiger partial charge in [0.1, 0.15) is 12.3 Å². The number of halogens is 3. The van der Waals surface area contributed by atoms with Gasteiger partial charge >= 0.3 is 6.03 Å². The summed E-state index contributed by atoms with van der Waals surface area (Å²) in [6, 6.07) is 16.4. The number of carbonyl (C=O) groups excluding carboxylic acids is 2. The van der Waals surface area contributed by atoms with Gasteiger partial charge in [0.2, 0.25) is 0 Å². The Labute approximate surface area is 205 Å². The van der Waals surface area contributed by atoms with Crippen molar-refractivity contribution in [1.29, 1.82) is 0 Å². The zero-order chi connectivity index (χ0) is 23.5. The summed E-state index contributed by atoms with van der Waals surface area (Å²) in [7, 11) is 1.49. The highest BCUT2D eigenvalue weighted by molar-refractivity contribution is 6.33. The predicted molar refractivity (Wildman–Crippen MR) is 129 cm³/mol. The number of carbonyl (C=O) groups is 2. The van der Waals surface area contributed by atoms with E-state index in [1.165, 1.54) is 19.3 Å². The van der Waals surface area contributed by atoms with E-state index in [-0.39, 0.29) is 12.3 Å². The predicted octanol–water partition coefficient (Wildman–Crippen LogP) is 6.33. The second-order valence-corrected chi connectivity index (χ2v) is 8.34. The maximum atomic E-state index is 12.9. The molecule has 168 valence electrons. The molecule has 1 fully saturated rings. The average Bonchev–Trinajstić information content (AvgIpc) is 3.06. The molecule has 0 saturated carbocycles. The van der Waals surface area contributed by atoms with E-state index < -0.39 is 11.9 Å². The Morgan fingerprint density at radius 3 is 2.42 bits per heavy atom. The van der Waals surface area contributed by atoms with Gasteiger partial charge in [-0.2, -0.15) is 0 Å². The molecular weight excluding hydrogens is 487 g/mol. The molecule has 0 spiro atoms. The Kier molecular flexibility index (Phi) is 6.79. The van der Waals surface area contributed by atoms with Crippen molar-refractivity contribution in [2.75, 3.05) is 12.0 Å². The number of methoxy groups -OCH3 is 1. The molecule has 33 heavy (non-hydrogen) atoms. The fraction of sp³-hybridized carbons (Fsp3) is 0.0833. The van der Waals surface area contributed by atoms with Crippen LogP contribution in [0, 0.1) is 0 Å². The van der Waals surface area contributed by atoms with Crippen molar-refractivity contribution in [2.24, 2.45) is 0 Å². The molecule has 0 aromatic heterocycles. The summed E-state index contributed by atoms with van der Waals surface area (Å²) < 4.78 is 11.3. The maximum Gasteiger partial charge on any atom is 0.333 e. The Balaban J connectivity index is 1.58. The van der Waals surface area contributed by atoms with Crippen LogP contribution < -0.4 is 19.7 Å². The Bertz CT molecular complexity index is 1260. The van der Waals surface area contributed by atoms with E-state index in [1.54, 1.807) is 42.5 Å². The molecule has 4 rings (SSSR count). The van der Waals surface area contributed by atoms with E-state index in [2.05, 4.69) is 5.32 Å². The molecular formula is C24H17Cl3N2O4. The smallest absolute Gasteiger partial charge is 0.333 e. The molecule has 1 heterocycles. The SMILES string of the molecule is COc1cc(/C=C2/NC(=O)N(c3cccc(Cl)c3)C2=O)cc(Cl)c1OCc1ccc(Cl)cc1. The Morgan fingerprint density at radius 2 is 1.73 bits per heavy atom. The number of hydrogen-bond acceptors (Lipinski definition) is 4. The summed E-state index contributed by atoms with van der Waals surface area (Å²) in [5, 5.41) is 3.91. The lowest BCUT2D eigenvalue weighted by molar-refractivity contribution is -0.113. The third kappa shape index (κ3) is 5.09. The number of nitrogens with zero attached hydrogens (tertiary/aromatic N) is 1. The topological polar surface area (TPSA) is 67.9 Å². The number of benzene rings is 3. The summed E-state index contributed by atoms with van der Waals surface area (Å²) >= 11 is 18.3. The number of amides is 3. The molecule has 0 radical (unpaired) electrons. The molecule has 1 N–H and O–H groups in total. The van der Waals surface area contributed by atoms with Crippen molar-refractivity contribution in [2.45, 2.75) is 6.61 Å². The molecule has 6 nitrogen and oxygen atoms in total. The van der Waals surface area contributed by atoms with Gasteiger partial charge in [-0.05, 0) is 59.7 Å². The van der Waals surface area contributed by atoms with Gasteiger partial charge in [-0.1, -0.05) is 53.0 Å². The molecule has 1 aliphatic rings. The van der Waals surface area contributed by atoms with Crippen LogP contribution in [0.4, 0.5) is 10.5 Å². The zero-order valence-corrected chi connectivity index (χ0v) is 19.5. The largest absolute Gasteiger partial charge is 0.493 e. The monoisotopic (exact) mass is 502 g/mol. The van der Waals surface area contributed by atoms with Crippen molar-refractivity contribution in [1.82, 2.24) is 5.32 Å². The van der Waals surface area contributed by atoms with Gasteiger partial charge in [-0.3, -0.25) is 4.79 Å². The second-order valence-electron chi connectivity index (χ2n) is 7.06. The van der Waals surface area contributed by atoms with Gasteiger partial charge in [0, 0.05) is 10.0 Å². The third-order valence-electron chi connectivity index (χ3n) is 4.80. The molecule has 0 bridgehead atoms. The molecule has 9 heteroatoms. The van der Waals surface area contributed by atoms with Gasteiger partial charge in [-0.15, -0.1) is 0 Å². The van der Waals surface area contributed by atoms with E-state index in [4.69, 9.17) is 44.3 Å². The molecule has 0 atom stereocenters. The van der Waals surface area contributed by atoms with E-state index in [1.807, 2.05) is 12.1 Å². The summed E-state index contributed by atoms with van der Waals surface area (Å²) in [5.41, 5.74) is 1.92. The number of ether oxygens (including phenoxy) is 2. The minimum absolute atomic E-state index is 0.0907. The lowest BCUT2D eigenvalue weighted by atomic mass is 10.1.